The topological polar surface area (TPSA) is 88.4 Å². The highest BCUT2D eigenvalue weighted by molar-refractivity contribution is 7.92. The van der Waals surface area contributed by atoms with E-state index in [4.69, 9.17) is 27.6 Å². The molecular formula is C21H20Cl2N2O4S. The summed E-state index contributed by atoms with van der Waals surface area (Å²) >= 11 is 11.7. The predicted molar refractivity (Wildman–Crippen MR) is 118 cm³/mol. The molecule has 0 saturated heterocycles. The molecule has 0 bridgehead atoms. The van der Waals surface area contributed by atoms with Gasteiger partial charge in [-0.2, -0.15) is 0 Å². The number of benzene rings is 2. The molecule has 0 radical (unpaired) electrons. The third-order valence-electron chi connectivity index (χ3n) is 4.38. The standard InChI is InChI=1S/C21H20Cl2N2O4S/c1-14(4-9-17-3-2-12-29-17)24-21(26)15-5-7-16(8-6-15)25-30(27,28)18-10-11-19(22)20(23)13-18/h2-3,5-8,10-14,25H,4,9H2,1H3,(H,24,26). The summed E-state index contributed by atoms with van der Waals surface area (Å²) in [5.74, 6) is 0.635. The van der Waals surface area contributed by atoms with E-state index in [0.717, 1.165) is 18.6 Å². The lowest BCUT2D eigenvalue weighted by atomic mass is 10.1. The van der Waals surface area contributed by atoms with E-state index in [-0.39, 0.29) is 26.9 Å². The number of furan rings is 1. The Morgan fingerprint density at radius 2 is 1.80 bits per heavy atom. The van der Waals surface area contributed by atoms with E-state index in [1.807, 2.05) is 19.1 Å². The smallest absolute Gasteiger partial charge is 0.261 e. The number of rotatable bonds is 8. The van der Waals surface area contributed by atoms with Gasteiger partial charge < -0.3 is 9.73 Å². The van der Waals surface area contributed by atoms with Gasteiger partial charge in [0.2, 0.25) is 0 Å². The maximum Gasteiger partial charge on any atom is 0.261 e. The molecule has 0 aliphatic rings. The maximum absolute atomic E-state index is 12.5. The van der Waals surface area contributed by atoms with Crippen molar-refractivity contribution in [3.63, 3.8) is 0 Å². The Labute approximate surface area is 185 Å². The Balaban J connectivity index is 1.59. The van der Waals surface area contributed by atoms with E-state index in [2.05, 4.69) is 10.0 Å². The SMILES string of the molecule is CC(CCc1ccco1)NC(=O)c1ccc(NS(=O)(=O)c2ccc(Cl)c(Cl)c2)cc1. The molecule has 3 rings (SSSR count). The summed E-state index contributed by atoms with van der Waals surface area (Å²) in [4.78, 5) is 12.4. The summed E-state index contributed by atoms with van der Waals surface area (Å²) in [6, 6.07) is 13.9. The molecule has 0 fully saturated rings. The molecule has 158 valence electrons. The minimum absolute atomic E-state index is 0.0101. The van der Waals surface area contributed by atoms with Crippen LogP contribution in [0.4, 0.5) is 5.69 Å². The van der Waals surface area contributed by atoms with Gasteiger partial charge in [0.1, 0.15) is 5.76 Å². The summed E-state index contributed by atoms with van der Waals surface area (Å²) in [5.41, 5.74) is 0.751. The Morgan fingerprint density at radius 3 is 2.43 bits per heavy atom. The zero-order chi connectivity index (χ0) is 21.7. The first kappa shape index (κ1) is 22.2. The number of anilines is 1. The second-order valence-corrected chi connectivity index (χ2v) is 9.25. The highest BCUT2D eigenvalue weighted by Gasteiger charge is 2.16. The van der Waals surface area contributed by atoms with E-state index in [1.54, 1.807) is 18.4 Å². The fraction of sp³-hybridized carbons (Fsp3) is 0.190. The largest absolute Gasteiger partial charge is 0.469 e. The number of carbonyl (C=O) groups excluding carboxylic acids is 1. The van der Waals surface area contributed by atoms with Crippen LogP contribution < -0.4 is 10.0 Å². The van der Waals surface area contributed by atoms with Crippen LogP contribution in [0.2, 0.25) is 10.0 Å². The van der Waals surface area contributed by atoms with Crippen LogP contribution in [0, 0.1) is 0 Å². The number of hydrogen-bond acceptors (Lipinski definition) is 4. The Morgan fingerprint density at radius 1 is 1.07 bits per heavy atom. The van der Waals surface area contributed by atoms with Crippen molar-refractivity contribution in [2.24, 2.45) is 0 Å². The molecule has 0 aliphatic heterocycles. The van der Waals surface area contributed by atoms with Crippen molar-refractivity contribution in [3.8, 4) is 0 Å². The van der Waals surface area contributed by atoms with Crippen molar-refractivity contribution in [1.29, 1.82) is 0 Å². The first-order valence-corrected chi connectivity index (χ1v) is 11.4. The number of nitrogens with one attached hydrogen (secondary N) is 2. The fourth-order valence-corrected chi connectivity index (χ4v) is 4.19. The molecule has 2 N–H and O–H groups in total. The van der Waals surface area contributed by atoms with Gasteiger partial charge in [-0.25, -0.2) is 8.42 Å². The lowest BCUT2D eigenvalue weighted by Crippen LogP contribution is -2.32. The third-order valence-corrected chi connectivity index (χ3v) is 6.50. The van der Waals surface area contributed by atoms with Crippen molar-refractivity contribution in [1.82, 2.24) is 5.32 Å². The zero-order valence-corrected chi connectivity index (χ0v) is 18.4. The fourth-order valence-electron chi connectivity index (χ4n) is 2.74. The molecule has 6 nitrogen and oxygen atoms in total. The van der Waals surface area contributed by atoms with Gasteiger partial charge in [0.05, 0.1) is 21.2 Å². The van der Waals surface area contributed by atoms with Crippen LogP contribution in [0.1, 0.15) is 29.5 Å². The van der Waals surface area contributed by atoms with Crippen molar-refractivity contribution >= 4 is 44.8 Å². The van der Waals surface area contributed by atoms with E-state index >= 15 is 0 Å². The molecule has 1 aromatic heterocycles. The molecule has 9 heteroatoms. The summed E-state index contributed by atoms with van der Waals surface area (Å²) in [7, 11) is -3.84. The van der Waals surface area contributed by atoms with Gasteiger partial charge in [-0.15, -0.1) is 0 Å². The summed E-state index contributed by atoms with van der Waals surface area (Å²) in [5, 5.41) is 3.33. The maximum atomic E-state index is 12.5. The number of amides is 1. The average molecular weight is 467 g/mol. The molecule has 0 saturated carbocycles. The van der Waals surface area contributed by atoms with Gasteiger partial charge in [0, 0.05) is 23.7 Å². The predicted octanol–water partition coefficient (Wildman–Crippen LogP) is 5.14. The van der Waals surface area contributed by atoms with E-state index in [1.165, 1.54) is 30.3 Å². The second-order valence-electron chi connectivity index (χ2n) is 6.75. The lowest BCUT2D eigenvalue weighted by Gasteiger charge is -2.14. The molecule has 1 heterocycles. The van der Waals surface area contributed by atoms with Crippen LogP contribution in [0.15, 0.2) is 70.2 Å². The number of sulfonamides is 1. The van der Waals surface area contributed by atoms with Crippen molar-refractivity contribution in [2.45, 2.75) is 30.7 Å². The first-order chi connectivity index (χ1) is 14.2. The number of hydrogen-bond donors (Lipinski definition) is 2. The van der Waals surface area contributed by atoms with Crippen LogP contribution in [0.25, 0.3) is 0 Å². The van der Waals surface area contributed by atoms with Crippen LogP contribution in [0.5, 0.6) is 0 Å². The van der Waals surface area contributed by atoms with Gasteiger partial charge in [0.15, 0.2) is 0 Å². The van der Waals surface area contributed by atoms with Crippen LogP contribution in [0.3, 0.4) is 0 Å². The molecule has 3 aromatic rings. The van der Waals surface area contributed by atoms with Crippen molar-refractivity contribution in [3.05, 3.63) is 82.2 Å². The minimum Gasteiger partial charge on any atom is -0.469 e. The first-order valence-electron chi connectivity index (χ1n) is 9.16. The van der Waals surface area contributed by atoms with Crippen molar-refractivity contribution < 1.29 is 17.6 Å². The second kappa shape index (κ2) is 9.55. The third kappa shape index (κ3) is 5.78. The normalized spacial score (nSPS) is 12.4. The molecule has 0 aliphatic carbocycles. The van der Waals surface area contributed by atoms with Gasteiger partial charge in [-0.3, -0.25) is 9.52 Å². The summed E-state index contributed by atoms with van der Waals surface area (Å²) in [6.45, 7) is 1.92. The van der Waals surface area contributed by atoms with Gasteiger partial charge >= 0.3 is 0 Å². The molecule has 1 amide bonds. The van der Waals surface area contributed by atoms with Crippen molar-refractivity contribution in [2.75, 3.05) is 4.72 Å². The van der Waals surface area contributed by atoms with E-state index < -0.39 is 10.0 Å². The zero-order valence-electron chi connectivity index (χ0n) is 16.1. The van der Waals surface area contributed by atoms with Gasteiger partial charge in [-0.05, 0) is 67.9 Å². The van der Waals surface area contributed by atoms with Crippen LogP contribution in [-0.4, -0.2) is 20.4 Å². The molecular weight excluding hydrogens is 447 g/mol. The number of carbonyl (C=O) groups is 1. The Hall–Kier alpha value is -2.48. The highest BCUT2D eigenvalue weighted by Crippen LogP contribution is 2.26. The van der Waals surface area contributed by atoms with Gasteiger partial charge in [-0.1, -0.05) is 23.2 Å². The number of aryl methyl sites for hydroxylation is 1. The number of halogens is 2. The van der Waals surface area contributed by atoms with Gasteiger partial charge in [0.25, 0.3) is 15.9 Å². The minimum atomic E-state index is -3.84. The Bertz CT molecular complexity index is 1110. The average Bonchev–Trinajstić information content (AvgIpc) is 3.22. The molecule has 1 unspecified atom stereocenters. The van der Waals surface area contributed by atoms with E-state index in [0.29, 0.717) is 11.3 Å². The lowest BCUT2D eigenvalue weighted by molar-refractivity contribution is 0.0938. The highest BCUT2D eigenvalue weighted by atomic mass is 35.5. The molecule has 2 aromatic carbocycles. The molecule has 1 atom stereocenters. The summed E-state index contributed by atoms with van der Waals surface area (Å²) in [6.07, 6.45) is 3.08. The monoisotopic (exact) mass is 466 g/mol. The molecule has 0 spiro atoms. The van der Waals surface area contributed by atoms with Crippen LogP contribution in [-0.2, 0) is 16.4 Å². The quantitative estimate of drug-likeness (QED) is 0.480. The Kier molecular flexibility index (Phi) is 7.07. The van der Waals surface area contributed by atoms with Crippen LogP contribution >= 0.6 is 23.2 Å². The summed E-state index contributed by atoms with van der Waals surface area (Å²) < 4.78 is 32.7. The van der Waals surface area contributed by atoms with E-state index in [9.17, 15) is 13.2 Å². The molecule has 30 heavy (non-hydrogen) atoms.